The molecule has 0 heterocycles. The summed E-state index contributed by atoms with van der Waals surface area (Å²) < 4.78 is 35.0. The molecule has 4 bridgehead atoms. The maximum atomic E-state index is 13.3. The van der Waals surface area contributed by atoms with Crippen molar-refractivity contribution in [2.45, 2.75) is 43.8 Å². The van der Waals surface area contributed by atoms with Gasteiger partial charge in [0.05, 0.1) is 5.41 Å². The van der Waals surface area contributed by atoms with Gasteiger partial charge in [0.25, 0.3) is 0 Å². The Morgan fingerprint density at radius 1 is 1.19 bits per heavy atom. The van der Waals surface area contributed by atoms with Crippen LogP contribution in [0.4, 0.5) is 8.78 Å². The summed E-state index contributed by atoms with van der Waals surface area (Å²) in [6.45, 7) is -1.11. The van der Waals surface area contributed by atoms with Crippen LogP contribution < -0.4 is 5.26 Å². The highest BCUT2D eigenvalue weighted by molar-refractivity contribution is 7.95. The van der Waals surface area contributed by atoms with Crippen molar-refractivity contribution in [3.8, 4) is 0 Å². The van der Waals surface area contributed by atoms with Gasteiger partial charge in [0.1, 0.15) is 12.0 Å². The molecule has 0 aliphatic heterocycles. The zero-order valence-electron chi connectivity index (χ0n) is 11.4. The summed E-state index contributed by atoms with van der Waals surface area (Å²) in [5.41, 5.74) is -0.564. The van der Waals surface area contributed by atoms with E-state index in [1.54, 1.807) is 0 Å². The van der Waals surface area contributed by atoms with Crippen molar-refractivity contribution in [1.29, 1.82) is 0 Å². The van der Waals surface area contributed by atoms with Gasteiger partial charge in [0.15, 0.2) is 6.61 Å². The fraction of sp³-hybridized carbons (Fsp3) is 0.923. The Kier molecular flexibility index (Phi) is 4.15. The Hall–Kier alpha value is -0.440. The van der Waals surface area contributed by atoms with Crippen molar-refractivity contribution in [3.05, 3.63) is 0 Å². The molecule has 0 spiro atoms. The lowest BCUT2D eigenvalue weighted by Gasteiger charge is -2.55. The van der Waals surface area contributed by atoms with Crippen LogP contribution in [0, 0.1) is 23.2 Å². The number of carbonyl (C=O) groups excluding carboxylic acids is 1. The third-order valence-electron chi connectivity index (χ3n) is 5.03. The Labute approximate surface area is 125 Å². The van der Waals surface area contributed by atoms with Crippen LogP contribution in [-0.4, -0.2) is 17.8 Å². The first-order chi connectivity index (χ1) is 9.92. The van der Waals surface area contributed by atoms with Crippen molar-refractivity contribution < 1.29 is 32.9 Å². The summed E-state index contributed by atoms with van der Waals surface area (Å²) >= 11 is -0.448. The molecule has 4 aliphatic rings. The van der Waals surface area contributed by atoms with Crippen LogP contribution >= 0.6 is 12.0 Å². The molecule has 0 radical (unpaired) electrons. The summed E-state index contributed by atoms with van der Waals surface area (Å²) in [4.78, 5) is 12.3. The van der Waals surface area contributed by atoms with E-state index in [2.05, 4.69) is 9.37 Å². The van der Waals surface area contributed by atoms with Crippen molar-refractivity contribution >= 4 is 18.0 Å². The van der Waals surface area contributed by atoms with Crippen LogP contribution in [0.1, 0.15) is 38.5 Å². The molecule has 4 saturated carbocycles. The largest absolute Gasteiger partial charge is 0.691 e. The molecule has 5 nitrogen and oxygen atoms in total. The third kappa shape index (κ3) is 3.18. The summed E-state index contributed by atoms with van der Waals surface area (Å²) in [7, 11) is 0. The quantitative estimate of drug-likeness (QED) is 0.323. The lowest BCUT2D eigenvalue weighted by molar-refractivity contribution is -0.777. The average Bonchev–Trinajstić information content (AvgIpc) is 2.41. The van der Waals surface area contributed by atoms with Crippen LogP contribution in [0.2, 0.25) is 0 Å². The van der Waals surface area contributed by atoms with E-state index < -0.39 is 35.3 Å². The van der Waals surface area contributed by atoms with Gasteiger partial charge < -0.3 is 9.99 Å². The van der Waals surface area contributed by atoms with E-state index in [0.29, 0.717) is 17.8 Å². The van der Waals surface area contributed by atoms with Crippen LogP contribution in [-0.2, 0) is 18.9 Å². The summed E-state index contributed by atoms with van der Waals surface area (Å²) in [6, 6.07) is 0. The molecule has 4 aliphatic carbocycles. The molecule has 0 N–H and O–H groups in total. The van der Waals surface area contributed by atoms with Gasteiger partial charge >= 0.3 is 11.2 Å². The van der Waals surface area contributed by atoms with E-state index >= 15 is 0 Å². The summed E-state index contributed by atoms with van der Waals surface area (Å²) in [6.07, 6.45) is 5.76. The Morgan fingerprint density at radius 2 is 1.71 bits per heavy atom. The van der Waals surface area contributed by atoms with E-state index in [-0.39, 0.29) is 0 Å². The molecule has 120 valence electrons. The van der Waals surface area contributed by atoms with E-state index in [0.717, 1.165) is 38.5 Å². The fourth-order valence-electron chi connectivity index (χ4n) is 4.75. The Balaban J connectivity index is 1.58. The second-order valence-corrected chi connectivity index (χ2v) is 7.53. The molecule has 0 amide bonds. The van der Waals surface area contributed by atoms with E-state index in [9.17, 15) is 18.8 Å². The van der Waals surface area contributed by atoms with Gasteiger partial charge in [0.2, 0.25) is 0 Å². The Morgan fingerprint density at radius 3 is 2.19 bits per heavy atom. The average molecular weight is 323 g/mol. The van der Waals surface area contributed by atoms with E-state index in [1.165, 1.54) is 0 Å². The van der Waals surface area contributed by atoms with Gasteiger partial charge in [-0.2, -0.15) is 13.1 Å². The number of ether oxygens (including phenoxy) is 1. The molecule has 0 aromatic carbocycles. The molecule has 0 saturated heterocycles. The maximum absolute atomic E-state index is 13.3. The van der Waals surface area contributed by atoms with Crippen molar-refractivity contribution in [1.82, 2.24) is 0 Å². The van der Waals surface area contributed by atoms with Gasteiger partial charge in [-0.05, 0) is 56.3 Å². The minimum Gasteiger partial charge on any atom is -0.691 e. The number of hydrogen-bond acceptors (Lipinski definition) is 6. The van der Waals surface area contributed by atoms with Crippen molar-refractivity contribution in [3.63, 3.8) is 0 Å². The highest BCUT2D eigenvalue weighted by Crippen LogP contribution is 2.60. The third-order valence-corrected chi connectivity index (χ3v) is 5.51. The first-order valence-corrected chi connectivity index (χ1v) is 7.86. The van der Waals surface area contributed by atoms with Gasteiger partial charge in [-0.25, -0.2) is 0 Å². The normalized spacial score (nSPS) is 37.8. The topological polar surface area (TPSA) is 67.8 Å². The van der Waals surface area contributed by atoms with Crippen LogP contribution in [0.25, 0.3) is 0 Å². The zero-order chi connectivity index (χ0) is 15.1. The van der Waals surface area contributed by atoms with Gasteiger partial charge in [-0.3, -0.25) is 9.83 Å². The molecule has 0 unspecified atom stereocenters. The highest BCUT2D eigenvalue weighted by atomic mass is 32.2. The number of halogens is 2. The zero-order valence-corrected chi connectivity index (χ0v) is 12.2. The van der Waals surface area contributed by atoms with Crippen LogP contribution in [0.3, 0.4) is 0 Å². The standard InChI is InChI=1S/C13H18F2O5S/c14-13(15,21-20-19-17)7-18-11(16)12-4-8-1-9(5-12)3-10(2-8)6-12/h8-10,17H,1-7H2/p-1. The molecule has 0 aromatic rings. The fourth-order valence-corrected chi connectivity index (χ4v) is 4.99. The van der Waals surface area contributed by atoms with Crippen molar-refractivity contribution in [2.24, 2.45) is 23.2 Å². The van der Waals surface area contributed by atoms with E-state index in [4.69, 9.17) is 4.74 Å². The van der Waals surface area contributed by atoms with Gasteiger partial charge in [-0.15, -0.1) is 0 Å². The number of carbonyl (C=O) groups is 1. The van der Waals surface area contributed by atoms with E-state index in [1.807, 2.05) is 0 Å². The number of alkyl halides is 2. The molecule has 21 heavy (non-hydrogen) atoms. The lowest BCUT2D eigenvalue weighted by atomic mass is 9.49. The van der Waals surface area contributed by atoms with Gasteiger partial charge in [0, 0.05) is 0 Å². The monoisotopic (exact) mass is 323 g/mol. The lowest BCUT2D eigenvalue weighted by Crippen LogP contribution is -2.51. The molecular weight excluding hydrogens is 306 g/mol. The predicted octanol–water partition coefficient (Wildman–Crippen LogP) is 2.21. The predicted molar refractivity (Wildman–Crippen MR) is 66.3 cm³/mol. The Bertz CT molecular complexity index is 382. The first-order valence-electron chi connectivity index (χ1n) is 7.12. The molecule has 4 rings (SSSR count). The molecule has 8 heteroatoms. The minimum atomic E-state index is -3.50. The molecular formula is C13H17F2O5S-. The molecule has 4 fully saturated rings. The molecule has 0 aromatic heterocycles. The second kappa shape index (κ2) is 5.64. The minimum absolute atomic E-state index is 0.448. The maximum Gasteiger partial charge on any atom is 0.354 e. The smallest absolute Gasteiger partial charge is 0.354 e. The van der Waals surface area contributed by atoms with Crippen LogP contribution in [0.15, 0.2) is 0 Å². The SMILES string of the molecule is O=C(OCC(F)(F)SOO[O-])C12CC3CC(CC(C3)C1)C2. The van der Waals surface area contributed by atoms with Gasteiger partial charge in [-0.1, -0.05) is 0 Å². The molecule has 0 atom stereocenters. The summed E-state index contributed by atoms with van der Waals surface area (Å²) in [5, 5.41) is 8.94. The number of hydrogen-bond donors (Lipinski definition) is 0. The second-order valence-electron chi connectivity index (χ2n) is 6.63. The number of rotatable bonds is 6. The first kappa shape index (κ1) is 15.5. The van der Waals surface area contributed by atoms with Crippen LogP contribution in [0.5, 0.6) is 0 Å². The highest BCUT2D eigenvalue weighted by Gasteiger charge is 2.55. The van der Waals surface area contributed by atoms with Crippen molar-refractivity contribution in [2.75, 3.05) is 6.61 Å². The number of esters is 1. The summed E-state index contributed by atoms with van der Waals surface area (Å²) in [5.74, 6) is 1.09.